The third-order valence-electron chi connectivity index (χ3n) is 3.74. The summed E-state index contributed by atoms with van der Waals surface area (Å²) in [6.07, 6.45) is 4.58. The fraction of sp³-hybridized carbons (Fsp3) is 0.176. The molecule has 1 N–H and O–H groups in total. The number of hydrogen-bond donors (Lipinski definition) is 1. The van der Waals surface area contributed by atoms with E-state index >= 15 is 0 Å². The van der Waals surface area contributed by atoms with E-state index in [-0.39, 0.29) is 34.8 Å². The molecule has 1 aromatic carbocycles. The van der Waals surface area contributed by atoms with Crippen molar-refractivity contribution in [2.24, 2.45) is 0 Å². The van der Waals surface area contributed by atoms with Crippen LogP contribution in [0.1, 0.15) is 11.1 Å². The zero-order valence-electron chi connectivity index (χ0n) is 13.6. The number of halogens is 3. The highest BCUT2D eigenvalue weighted by Crippen LogP contribution is 2.37. The van der Waals surface area contributed by atoms with Gasteiger partial charge in [0.2, 0.25) is 5.88 Å². The van der Waals surface area contributed by atoms with Crippen LogP contribution in [0.4, 0.5) is 13.2 Å². The van der Waals surface area contributed by atoms with E-state index in [9.17, 15) is 23.1 Å². The standard InChI is InChI=1S/C17H14F3N3O2S/c1-11-8-21-7-6-12(11)9-22-10-15(24)23(16(22)25)13-2-4-14(5-3-13)26-17(18,19)20/h2-8,10,24H,9H2,1H3. The van der Waals surface area contributed by atoms with Gasteiger partial charge >= 0.3 is 11.2 Å². The second-order valence-electron chi connectivity index (χ2n) is 5.58. The lowest BCUT2D eigenvalue weighted by molar-refractivity contribution is -0.0328. The van der Waals surface area contributed by atoms with Crippen molar-refractivity contribution < 1.29 is 18.3 Å². The first-order chi connectivity index (χ1) is 12.2. The summed E-state index contributed by atoms with van der Waals surface area (Å²) >= 11 is -0.239. The van der Waals surface area contributed by atoms with Gasteiger partial charge in [-0.25, -0.2) is 9.36 Å². The molecule has 0 aliphatic rings. The molecule has 9 heteroatoms. The molecule has 0 atom stereocenters. The van der Waals surface area contributed by atoms with Gasteiger partial charge in [0, 0.05) is 17.3 Å². The number of aryl methyl sites for hydroxylation is 1. The third kappa shape index (κ3) is 3.93. The third-order valence-corrected chi connectivity index (χ3v) is 4.48. The van der Waals surface area contributed by atoms with Crippen molar-refractivity contribution in [3.8, 4) is 11.6 Å². The largest absolute Gasteiger partial charge is 0.493 e. The molecule has 0 aliphatic carbocycles. The topological polar surface area (TPSA) is 60.0 Å². The summed E-state index contributed by atoms with van der Waals surface area (Å²) < 4.78 is 39.6. The summed E-state index contributed by atoms with van der Waals surface area (Å²) in [5.74, 6) is -0.294. The Morgan fingerprint density at radius 1 is 1.19 bits per heavy atom. The molecule has 0 bridgehead atoms. The number of aromatic nitrogens is 3. The quantitative estimate of drug-likeness (QED) is 0.700. The zero-order valence-corrected chi connectivity index (χ0v) is 14.4. The van der Waals surface area contributed by atoms with Crippen LogP contribution in [0.25, 0.3) is 5.69 Å². The lowest BCUT2D eigenvalue weighted by Gasteiger charge is -2.07. The Bertz CT molecular complexity index is 978. The van der Waals surface area contributed by atoms with E-state index < -0.39 is 11.2 Å². The molecule has 3 rings (SSSR count). The van der Waals surface area contributed by atoms with Gasteiger partial charge in [-0.05, 0) is 60.1 Å². The van der Waals surface area contributed by atoms with Crippen molar-refractivity contribution in [3.63, 3.8) is 0 Å². The van der Waals surface area contributed by atoms with Crippen LogP contribution in [0, 0.1) is 6.92 Å². The average Bonchev–Trinajstić information content (AvgIpc) is 2.83. The van der Waals surface area contributed by atoms with Crippen LogP contribution in [0.5, 0.6) is 5.88 Å². The van der Waals surface area contributed by atoms with Gasteiger partial charge in [-0.1, -0.05) is 0 Å². The predicted molar refractivity (Wildman–Crippen MR) is 91.7 cm³/mol. The molecule has 5 nitrogen and oxygen atoms in total. The Labute approximate surface area is 150 Å². The van der Waals surface area contributed by atoms with E-state index in [0.29, 0.717) is 0 Å². The SMILES string of the molecule is Cc1cnccc1Cn1cc(O)n(-c2ccc(SC(F)(F)F)cc2)c1=O. The molecular weight excluding hydrogens is 367 g/mol. The van der Waals surface area contributed by atoms with Gasteiger partial charge in [-0.15, -0.1) is 0 Å². The molecular formula is C17H14F3N3O2S. The number of rotatable bonds is 4. The van der Waals surface area contributed by atoms with E-state index in [4.69, 9.17) is 0 Å². The summed E-state index contributed by atoms with van der Waals surface area (Å²) in [6, 6.07) is 7.00. The van der Waals surface area contributed by atoms with Gasteiger partial charge < -0.3 is 5.11 Å². The zero-order chi connectivity index (χ0) is 18.9. The van der Waals surface area contributed by atoms with Crippen LogP contribution in [0.15, 0.2) is 58.6 Å². The lowest BCUT2D eigenvalue weighted by Crippen LogP contribution is -2.23. The van der Waals surface area contributed by atoms with Crippen molar-refractivity contribution in [2.75, 3.05) is 0 Å². The summed E-state index contributed by atoms with van der Waals surface area (Å²) in [5.41, 5.74) is -2.82. The molecule has 0 amide bonds. The summed E-state index contributed by atoms with van der Waals surface area (Å²) in [7, 11) is 0. The van der Waals surface area contributed by atoms with Crippen molar-refractivity contribution in [1.29, 1.82) is 0 Å². The molecule has 2 aromatic heterocycles. The molecule has 0 unspecified atom stereocenters. The minimum Gasteiger partial charge on any atom is -0.493 e. The molecule has 136 valence electrons. The number of aromatic hydroxyl groups is 1. The van der Waals surface area contributed by atoms with E-state index in [1.807, 2.05) is 6.92 Å². The van der Waals surface area contributed by atoms with Gasteiger partial charge in [-0.2, -0.15) is 13.2 Å². The molecule has 0 radical (unpaired) electrons. The Morgan fingerprint density at radius 2 is 1.88 bits per heavy atom. The van der Waals surface area contributed by atoms with E-state index in [2.05, 4.69) is 4.98 Å². The maximum atomic E-state index is 12.6. The number of hydrogen-bond acceptors (Lipinski definition) is 4. The highest BCUT2D eigenvalue weighted by molar-refractivity contribution is 8.00. The smallest absolute Gasteiger partial charge is 0.446 e. The minimum absolute atomic E-state index is 0.000585. The number of thioether (sulfide) groups is 1. The van der Waals surface area contributed by atoms with Crippen molar-refractivity contribution in [3.05, 3.63) is 70.5 Å². The number of benzene rings is 1. The number of pyridine rings is 1. The van der Waals surface area contributed by atoms with Crippen molar-refractivity contribution in [2.45, 2.75) is 23.9 Å². The highest BCUT2D eigenvalue weighted by Gasteiger charge is 2.29. The molecule has 0 aliphatic heterocycles. The van der Waals surface area contributed by atoms with Crippen LogP contribution in [-0.2, 0) is 6.54 Å². The highest BCUT2D eigenvalue weighted by atomic mass is 32.2. The van der Waals surface area contributed by atoms with Gasteiger partial charge in [0.15, 0.2) is 0 Å². The van der Waals surface area contributed by atoms with Crippen LogP contribution in [-0.4, -0.2) is 24.7 Å². The minimum atomic E-state index is -4.38. The van der Waals surface area contributed by atoms with Gasteiger partial charge in [-0.3, -0.25) is 9.55 Å². The second-order valence-corrected chi connectivity index (χ2v) is 6.72. The van der Waals surface area contributed by atoms with Crippen LogP contribution in [0.3, 0.4) is 0 Å². The molecule has 0 saturated carbocycles. The molecule has 3 aromatic rings. The first kappa shape index (κ1) is 18.1. The van der Waals surface area contributed by atoms with Crippen LogP contribution < -0.4 is 5.69 Å². The number of alkyl halides is 3. The first-order valence-corrected chi connectivity index (χ1v) is 8.33. The second kappa shape index (κ2) is 6.91. The summed E-state index contributed by atoms with van der Waals surface area (Å²) in [4.78, 5) is 16.6. The van der Waals surface area contributed by atoms with Gasteiger partial charge in [0.05, 0.1) is 18.4 Å². The predicted octanol–water partition coefficient (Wildman–Crippen LogP) is 3.71. The van der Waals surface area contributed by atoms with Crippen LogP contribution in [0.2, 0.25) is 0 Å². The number of nitrogens with zero attached hydrogens (tertiary/aromatic N) is 3. The average molecular weight is 381 g/mol. The Morgan fingerprint density at radius 3 is 2.50 bits per heavy atom. The molecule has 2 heterocycles. The van der Waals surface area contributed by atoms with Crippen molar-refractivity contribution in [1.82, 2.24) is 14.1 Å². The van der Waals surface area contributed by atoms with Gasteiger partial charge in [0.25, 0.3) is 0 Å². The Kier molecular flexibility index (Phi) is 4.82. The summed E-state index contributed by atoms with van der Waals surface area (Å²) in [5, 5.41) is 10.1. The van der Waals surface area contributed by atoms with Crippen molar-refractivity contribution >= 4 is 11.8 Å². The molecule has 0 saturated heterocycles. The number of imidazole rings is 1. The maximum absolute atomic E-state index is 12.6. The van der Waals surface area contributed by atoms with E-state index in [1.54, 1.807) is 18.5 Å². The first-order valence-electron chi connectivity index (χ1n) is 7.51. The molecule has 0 fully saturated rings. The monoisotopic (exact) mass is 381 g/mol. The van der Waals surface area contributed by atoms with Crippen LogP contribution >= 0.6 is 11.8 Å². The van der Waals surface area contributed by atoms with E-state index in [0.717, 1.165) is 15.7 Å². The Balaban J connectivity index is 1.91. The normalized spacial score (nSPS) is 11.7. The maximum Gasteiger partial charge on any atom is 0.446 e. The van der Waals surface area contributed by atoms with Gasteiger partial charge in [0.1, 0.15) is 0 Å². The fourth-order valence-electron chi connectivity index (χ4n) is 2.49. The molecule has 26 heavy (non-hydrogen) atoms. The van der Waals surface area contributed by atoms with E-state index in [1.165, 1.54) is 35.0 Å². The summed E-state index contributed by atoms with van der Waals surface area (Å²) in [6.45, 7) is 2.11. The lowest BCUT2D eigenvalue weighted by atomic mass is 10.1. The molecule has 0 spiro atoms. The fourth-order valence-corrected chi connectivity index (χ4v) is 3.03. The Hall–Kier alpha value is -2.68.